The molecule has 7 nitrogen and oxygen atoms in total. The van der Waals surface area contributed by atoms with Crippen molar-refractivity contribution in [1.29, 1.82) is 0 Å². The first-order chi connectivity index (χ1) is 12.8. The molecule has 2 aromatic rings. The molecule has 27 heavy (non-hydrogen) atoms. The molecule has 1 fully saturated rings. The van der Waals surface area contributed by atoms with Crippen molar-refractivity contribution in [2.45, 2.75) is 37.7 Å². The van der Waals surface area contributed by atoms with E-state index in [9.17, 15) is 18.3 Å². The molecule has 1 saturated heterocycles. The predicted molar refractivity (Wildman–Crippen MR) is 88.7 cm³/mol. The number of halogens is 3. The third kappa shape index (κ3) is 4.63. The number of alkyl halides is 3. The summed E-state index contributed by atoms with van der Waals surface area (Å²) in [5.74, 6) is 0.728. The average molecular weight is 386 g/mol. The van der Waals surface area contributed by atoms with Gasteiger partial charge >= 0.3 is 6.18 Å². The molecule has 0 radical (unpaired) electrons. The molecule has 0 bridgehead atoms. The summed E-state index contributed by atoms with van der Waals surface area (Å²) in [6.45, 7) is 2.88. The molecule has 1 aromatic heterocycles. The molecule has 148 valence electrons. The van der Waals surface area contributed by atoms with E-state index in [1.807, 2.05) is 0 Å². The lowest BCUT2D eigenvalue weighted by atomic mass is 9.83. The van der Waals surface area contributed by atoms with Crippen molar-refractivity contribution in [3.8, 4) is 0 Å². The van der Waals surface area contributed by atoms with Crippen molar-refractivity contribution in [3.05, 3.63) is 41.2 Å². The van der Waals surface area contributed by atoms with E-state index < -0.39 is 17.3 Å². The third-order valence-corrected chi connectivity index (χ3v) is 5.03. The highest BCUT2D eigenvalue weighted by Gasteiger charge is 2.38. The standard InChI is InChI=1S/C17H22F3N5O2/c1-27-10-9-25-15(21-22-23-25)12-24-7-5-16(26,6-8-24)13-3-2-4-14(11-13)17(18,19)20/h2-4,11,26H,5-10,12H2,1H3/p+1. The second-order valence-electron chi connectivity index (χ2n) is 6.85. The number of methoxy groups -OCH3 is 1. The van der Waals surface area contributed by atoms with Gasteiger partial charge in [0, 0.05) is 20.0 Å². The zero-order chi connectivity index (χ0) is 19.5. The van der Waals surface area contributed by atoms with Gasteiger partial charge in [0.25, 0.3) is 0 Å². The summed E-state index contributed by atoms with van der Waals surface area (Å²) in [7, 11) is 1.61. The lowest BCUT2D eigenvalue weighted by Crippen LogP contribution is -3.12. The topological polar surface area (TPSA) is 77.5 Å². The fourth-order valence-electron chi connectivity index (χ4n) is 3.39. The molecule has 1 aliphatic heterocycles. The van der Waals surface area contributed by atoms with Crippen LogP contribution in [0.4, 0.5) is 13.2 Å². The van der Waals surface area contributed by atoms with Crippen LogP contribution in [-0.2, 0) is 29.6 Å². The largest absolute Gasteiger partial charge is 0.416 e. The summed E-state index contributed by atoms with van der Waals surface area (Å²) in [6, 6.07) is 4.98. The second-order valence-corrected chi connectivity index (χ2v) is 6.85. The maximum atomic E-state index is 12.9. The first-order valence-corrected chi connectivity index (χ1v) is 8.79. The van der Waals surface area contributed by atoms with E-state index in [4.69, 9.17) is 4.74 Å². The summed E-state index contributed by atoms with van der Waals surface area (Å²) in [5, 5.41) is 22.6. The van der Waals surface area contributed by atoms with Crippen LogP contribution in [0.25, 0.3) is 0 Å². The Labute approximate surface area is 154 Å². The minimum Gasteiger partial charge on any atom is -0.385 e. The van der Waals surface area contributed by atoms with Gasteiger partial charge in [-0.15, -0.1) is 5.10 Å². The van der Waals surface area contributed by atoms with Gasteiger partial charge in [0.2, 0.25) is 5.82 Å². The molecule has 0 amide bonds. The summed E-state index contributed by atoms with van der Waals surface area (Å²) in [4.78, 5) is 1.18. The number of likely N-dealkylation sites (tertiary alicyclic amines) is 1. The van der Waals surface area contributed by atoms with Gasteiger partial charge in [-0.05, 0) is 28.1 Å². The Morgan fingerprint density at radius 1 is 1.30 bits per heavy atom. The second kappa shape index (κ2) is 7.91. The van der Waals surface area contributed by atoms with E-state index in [0.29, 0.717) is 51.2 Å². The van der Waals surface area contributed by atoms with Crippen LogP contribution >= 0.6 is 0 Å². The summed E-state index contributed by atoms with van der Waals surface area (Å²) >= 11 is 0. The zero-order valence-electron chi connectivity index (χ0n) is 15.0. The third-order valence-electron chi connectivity index (χ3n) is 5.03. The summed E-state index contributed by atoms with van der Waals surface area (Å²) in [5.41, 5.74) is -1.66. The van der Waals surface area contributed by atoms with Crippen LogP contribution < -0.4 is 4.90 Å². The van der Waals surface area contributed by atoms with Gasteiger partial charge in [-0.25, -0.2) is 4.68 Å². The number of hydrogen-bond acceptors (Lipinski definition) is 5. The van der Waals surface area contributed by atoms with Crippen molar-refractivity contribution < 1.29 is 27.9 Å². The fourth-order valence-corrected chi connectivity index (χ4v) is 3.39. The van der Waals surface area contributed by atoms with Crippen LogP contribution in [0.5, 0.6) is 0 Å². The van der Waals surface area contributed by atoms with Crippen molar-refractivity contribution in [2.24, 2.45) is 0 Å². The number of nitrogens with one attached hydrogen (secondary N) is 1. The Kier molecular flexibility index (Phi) is 5.78. The molecule has 0 saturated carbocycles. The van der Waals surface area contributed by atoms with Crippen LogP contribution in [0.15, 0.2) is 24.3 Å². The number of rotatable bonds is 6. The van der Waals surface area contributed by atoms with Crippen molar-refractivity contribution in [2.75, 3.05) is 26.8 Å². The van der Waals surface area contributed by atoms with Gasteiger partial charge in [-0.2, -0.15) is 13.2 Å². The number of aromatic nitrogens is 4. The molecular formula is C17H23F3N5O2+. The maximum absolute atomic E-state index is 12.9. The summed E-state index contributed by atoms with van der Waals surface area (Å²) in [6.07, 6.45) is -3.66. The Morgan fingerprint density at radius 2 is 2.04 bits per heavy atom. The van der Waals surface area contributed by atoms with Gasteiger partial charge in [0.1, 0.15) is 12.1 Å². The molecule has 10 heteroatoms. The van der Waals surface area contributed by atoms with E-state index in [0.717, 1.165) is 18.0 Å². The first-order valence-electron chi connectivity index (χ1n) is 8.79. The molecular weight excluding hydrogens is 363 g/mol. The predicted octanol–water partition coefficient (Wildman–Crippen LogP) is 0.405. The molecule has 2 heterocycles. The van der Waals surface area contributed by atoms with Crippen molar-refractivity contribution in [1.82, 2.24) is 20.2 Å². The number of benzene rings is 1. The van der Waals surface area contributed by atoms with Crippen LogP contribution in [0.3, 0.4) is 0 Å². The van der Waals surface area contributed by atoms with E-state index in [2.05, 4.69) is 15.5 Å². The molecule has 1 aromatic carbocycles. The molecule has 2 N–H and O–H groups in total. The van der Waals surface area contributed by atoms with E-state index in [1.165, 1.54) is 11.0 Å². The van der Waals surface area contributed by atoms with Crippen LogP contribution in [0.2, 0.25) is 0 Å². The number of nitrogens with zero attached hydrogens (tertiary/aromatic N) is 4. The Hall–Kier alpha value is -2.04. The van der Waals surface area contributed by atoms with Crippen LogP contribution in [0, 0.1) is 0 Å². The number of aliphatic hydroxyl groups is 1. The molecule has 1 aliphatic rings. The van der Waals surface area contributed by atoms with E-state index in [-0.39, 0.29) is 0 Å². The molecule has 0 spiro atoms. The number of ether oxygens (including phenoxy) is 1. The highest BCUT2D eigenvalue weighted by molar-refractivity contribution is 5.30. The summed E-state index contributed by atoms with van der Waals surface area (Å²) < 4.78 is 45.6. The monoisotopic (exact) mass is 386 g/mol. The van der Waals surface area contributed by atoms with Gasteiger partial charge < -0.3 is 14.7 Å². The van der Waals surface area contributed by atoms with Crippen LogP contribution in [0.1, 0.15) is 29.8 Å². The number of piperidine rings is 1. The molecule has 0 atom stereocenters. The van der Waals surface area contributed by atoms with E-state index in [1.54, 1.807) is 17.9 Å². The number of quaternary nitrogens is 1. The number of hydrogen-bond donors (Lipinski definition) is 2. The van der Waals surface area contributed by atoms with Crippen molar-refractivity contribution >= 4 is 0 Å². The van der Waals surface area contributed by atoms with Gasteiger partial charge in [0.15, 0.2) is 0 Å². The molecule has 3 rings (SSSR count). The normalized spacial score (nSPS) is 23.5. The SMILES string of the molecule is COCCn1nnnc1C[NH+]1CCC(O)(c2cccc(C(F)(F)F)c2)CC1. The lowest BCUT2D eigenvalue weighted by molar-refractivity contribution is -0.922. The van der Waals surface area contributed by atoms with Crippen molar-refractivity contribution in [3.63, 3.8) is 0 Å². The van der Waals surface area contributed by atoms with Gasteiger partial charge in [0.05, 0.1) is 31.8 Å². The van der Waals surface area contributed by atoms with Gasteiger partial charge in [-0.3, -0.25) is 0 Å². The Morgan fingerprint density at radius 3 is 2.70 bits per heavy atom. The smallest absolute Gasteiger partial charge is 0.385 e. The highest BCUT2D eigenvalue weighted by atomic mass is 19.4. The minimum absolute atomic E-state index is 0.321. The highest BCUT2D eigenvalue weighted by Crippen LogP contribution is 2.35. The minimum atomic E-state index is -4.42. The Balaban J connectivity index is 1.64. The molecule has 0 aliphatic carbocycles. The fraction of sp³-hybridized carbons (Fsp3) is 0.588. The quantitative estimate of drug-likeness (QED) is 0.752. The zero-order valence-corrected chi connectivity index (χ0v) is 15.0. The van der Waals surface area contributed by atoms with E-state index >= 15 is 0 Å². The van der Waals surface area contributed by atoms with Gasteiger partial charge in [-0.1, -0.05) is 12.1 Å². The van der Waals surface area contributed by atoms with Crippen LogP contribution in [-0.4, -0.2) is 52.1 Å². The first kappa shape index (κ1) is 19.7. The number of tetrazole rings is 1. The Bertz CT molecular complexity index is 757. The average Bonchev–Trinajstić information content (AvgIpc) is 3.08. The maximum Gasteiger partial charge on any atom is 0.416 e. The lowest BCUT2D eigenvalue weighted by Gasteiger charge is -2.36. The molecule has 0 unspecified atom stereocenters.